The topological polar surface area (TPSA) is 29.5 Å². The van der Waals surface area contributed by atoms with Gasteiger partial charge in [-0.3, -0.25) is 0 Å². The summed E-state index contributed by atoms with van der Waals surface area (Å²) in [6.07, 6.45) is 7.13. The number of aliphatic hydroxyl groups excluding tert-OH is 1. The number of halogens is 1. The number of rotatable bonds is 6. The summed E-state index contributed by atoms with van der Waals surface area (Å²) < 4.78 is 6.28. The molecule has 1 saturated carbocycles. The molecule has 0 bridgehead atoms. The minimum Gasteiger partial charge on any atom is -0.497 e. The summed E-state index contributed by atoms with van der Waals surface area (Å²) in [6.45, 7) is 0. The number of methoxy groups -OCH3 is 1. The van der Waals surface area contributed by atoms with Crippen LogP contribution in [0.2, 0.25) is 0 Å². The molecule has 1 fully saturated rings. The van der Waals surface area contributed by atoms with Gasteiger partial charge in [0.25, 0.3) is 0 Å². The molecular formula is C16H23BrO2S. The van der Waals surface area contributed by atoms with E-state index < -0.39 is 0 Å². The molecule has 2 rings (SSSR count). The molecule has 1 N–H and O–H groups in total. The SMILES string of the molecule is COc1ccc(Br)c(CC(O)CSC2CCCCC2)c1. The van der Waals surface area contributed by atoms with Crippen LogP contribution in [-0.4, -0.2) is 29.3 Å². The van der Waals surface area contributed by atoms with Gasteiger partial charge in [-0.05, 0) is 36.6 Å². The van der Waals surface area contributed by atoms with Gasteiger partial charge in [0.15, 0.2) is 0 Å². The first kappa shape index (κ1) is 16.2. The number of benzene rings is 1. The Hall–Kier alpha value is -0.190. The van der Waals surface area contributed by atoms with Crippen molar-refractivity contribution in [3.8, 4) is 5.75 Å². The van der Waals surface area contributed by atoms with E-state index in [1.807, 2.05) is 30.0 Å². The maximum atomic E-state index is 10.2. The van der Waals surface area contributed by atoms with Crippen molar-refractivity contribution in [2.75, 3.05) is 12.9 Å². The monoisotopic (exact) mass is 358 g/mol. The third-order valence-corrected chi connectivity index (χ3v) is 6.08. The average Bonchev–Trinajstić information content (AvgIpc) is 2.48. The van der Waals surface area contributed by atoms with Gasteiger partial charge in [-0.25, -0.2) is 0 Å². The molecule has 0 heterocycles. The van der Waals surface area contributed by atoms with Gasteiger partial charge < -0.3 is 9.84 Å². The zero-order valence-electron chi connectivity index (χ0n) is 12.0. The average molecular weight is 359 g/mol. The summed E-state index contributed by atoms with van der Waals surface area (Å²) in [5.74, 6) is 1.67. The first-order valence-electron chi connectivity index (χ1n) is 7.31. The lowest BCUT2D eigenvalue weighted by molar-refractivity contribution is 0.199. The van der Waals surface area contributed by atoms with Crippen molar-refractivity contribution < 1.29 is 9.84 Å². The fraction of sp³-hybridized carbons (Fsp3) is 0.625. The van der Waals surface area contributed by atoms with Crippen LogP contribution in [-0.2, 0) is 6.42 Å². The second kappa shape index (κ2) is 8.30. The molecule has 0 spiro atoms. The largest absolute Gasteiger partial charge is 0.497 e. The molecule has 0 aliphatic heterocycles. The van der Waals surface area contributed by atoms with Gasteiger partial charge in [-0.2, -0.15) is 11.8 Å². The van der Waals surface area contributed by atoms with E-state index in [1.54, 1.807) is 7.11 Å². The minimum atomic E-state index is -0.287. The Morgan fingerprint density at radius 2 is 2.10 bits per heavy atom. The number of aliphatic hydroxyl groups is 1. The quantitative estimate of drug-likeness (QED) is 0.815. The molecule has 112 valence electrons. The van der Waals surface area contributed by atoms with E-state index in [2.05, 4.69) is 15.9 Å². The summed E-state index contributed by atoms with van der Waals surface area (Å²) >= 11 is 5.49. The molecule has 0 aromatic heterocycles. The molecule has 2 nitrogen and oxygen atoms in total. The molecular weight excluding hydrogens is 336 g/mol. The first-order chi connectivity index (χ1) is 9.69. The minimum absolute atomic E-state index is 0.287. The zero-order valence-corrected chi connectivity index (χ0v) is 14.4. The van der Waals surface area contributed by atoms with E-state index in [0.29, 0.717) is 6.42 Å². The normalized spacial score (nSPS) is 17.9. The molecule has 0 amide bonds. The third-order valence-electron chi connectivity index (χ3n) is 3.78. The second-order valence-corrected chi connectivity index (χ2v) is 7.60. The molecule has 1 aromatic carbocycles. The summed E-state index contributed by atoms with van der Waals surface area (Å²) in [6, 6.07) is 5.91. The lowest BCUT2D eigenvalue weighted by atomic mass is 10.0. The van der Waals surface area contributed by atoms with Gasteiger partial charge in [0.1, 0.15) is 5.75 Å². The van der Waals surface area contributed by atoms with Gasteiger partial charge in [-0.15, -0.1) is 0 Å². The highest BCUT2D eigenvalue weighted by molar-refractivity contribution is 9.10. The van der Waals surface area contributed by atoms with E-state index in [-0.39, 0.29) is 6.10 Å². The molecule has 1 aliphatic carbocycles. The Bertz CT molecular complexity index is 419. The number of thioether (sulfide) groups is 1. The van der Waals surface area contributed by atoms with Crippen LogP contribution in [0.25, 0.3) is 0 Å². The molecule has 4 heteroatoms. The van der Waals surface area contributed by atoms with Gasteiger partial charge in [0, 0.05) is 21.9 Å². The maximum absolute atomic E-state index is 10.2. The van der Waals surface area contributed by atoms with Crippen LogP contribution in [0.1, 0.15) is 37.7 Å². The lowest BCUT2D eigenvalue weighted by Crippen LogP contribution is -2.18. The number of hydrogen-bond acceptors (Lipinski definition) is 3. The molecule has 20 heavy (non-hydrogen) atoms. The Labute approximate surface area is 134 Å². The molecule has 0 saturated heterocycles. The Balaban J connectivity index is 1.82. The van der Waals surface area contributed by atoms with E-state index in [0.717, 1.165) is 26.8 Å². The second-order valence-electron chi connectivity index (χ2n) is 5.41. The van der Waals surface area contributed by atoms with Gasteiger partial charge in [0.2, 0.25) is 0 Å². The van der Waals surface area contributed by atoms with Crippen LogP contribution >= 0.6 is 27.7 Å². The van der Waals surface area contributed by atoms with E-state index >= 15 is 0 Å². The van der Waals surface area contributed by atoms with Gasteiger partial charge in [-0.1, -0.05) is 35.2 Å². The molecule has 1 unspecified atom stereocenters. The molecule has 1 aliphatic rings. The highest BCUT2D eigenvalue weighted by atomic mass is 79.9. The van der Waals surface area contributed by atoms with Crippen molar-refractivity contribution in [3.05, 3.63) is 28.2 Å². The summed E-state index contributed by atoms with van der Waals surface area (Å²) in [7, 11) is 1.67. The van der Waals surface area contributed by atoms with Crippen LogP contribution in [0.5, 0.6) is 5.75 Å². The fourth-order valence-electron chi connectivity index (χ4n) is 2.63. The zero-order chi connectivity index (χ0) is 14.4. The third kappa shape index (κ3) is 4.97. The van der Waals surface area contributed by atoms with Crippen LogP contribution in [0.15, 0.2) is 22.7 Å². The van der Waals surface area contributed by atoms with Gasteiger partial charge in [0.05, 0.1) is 13.2 Å². The van der Waals surface area contributed by atoms with Crippen LogP contribution in [0.3, 0.4) is 0 Å². The fourth-order valence-corrected chi connectivity index (χ4v) is 4.31. The Kier molecular flexibility index (Phi) is 6.72. The predicted octanol–water partition coefficient (Wildman–Crippen LogP) is 4.43. The van der Waals surface area contributed by atoms with Crippen molar-refractivity contribution in [1.82, 2.24) is 0 Å². The van der Waals surface area contributed by atoms with Crippen molar-refractivity contribution in [1.29, 1.82) is 0 Å². The highest BCUT2D eigenvalue weighted by Crippen LogP contribution is 2.29. The van der Waals surface area contributed by atoms with E-state index in [9.17, 15) is 5.11 Å². The van der Waals surface area contributed by atoms with Crippen LogP contribution in [0.4, 0.5) is 0 Å². The number of hydrogen-bond donors (Lipinski definition) is 1. The Morgan fingerprint density at radius 3 is 2.80 bits per heavy atom. The van der Waals surface area contributed by atoms with E-state index in [1.165, 1.54) is 32.1 Å². The van der Waals surface area contributed by atoms with Crippen molar-refractivity contribution in [2.24, 2.45) is 0 Å². The van der Waals surface area contributed by atoms with Crippen molar-refractivity contribution in [2.45, 2.75) is 49.9 Å². The first-order valence-corrected chi connectivity index (χ1v) is 9.15. The maximum Gasteiger partial charge on any atom is 0.119 e. The summed E-state index contributed by atoms with van der Waals surface area (Å²) in [4.78, 5) is 0. The van der Waals surface area contributed by atoms with Gasteiger partial charge >= 0.3 is 0 Å². The highest BCUT2D eigenvalue weighted by Gasteiger charge is 2.16. The summed E-state index contributed by atoms with van der Waals surface area (Å²) in [5.41, 5.74) is 1.11. The standard InChI is InChI=1S/C16H23BrO2S/c1-19-14-7-8-16(17)12(10-14)9-13(18)11-20-15-5-3-2-4-6-15/h7-8,10,13,15,18H,2-6,9,11H2,1H3. The Morgan fingerprint density at radius 1 is 1.35 bits per heavy atom. The van der Waals surface area contributed by atoms with Crippen molar-refractivity contribution >= 4 is 27.7 Å². The molecule has 1 aromatic rings. The summed E-state index contributed by atoms with van der Waals surface area (Å²) in [5, 5.41) is 11.0. The van der Waals surface area contributed by atoms with Crippen LogP contribution < -0.4 is 4.74 Å². The van der Waals surface area contributed by atoms with Crippen LogP contribution in [0, 0.1) is 0 Å². The smallest absolute Gasteiger partial charge is 0.119 e. The predicted molar refractivity (Wildman–Crippen MR) is 89.7 cm³/mol. The lowest BCUT2D eigenvalue weighted by Gasteiger charge is -2.22. The van der Waals surface area contributed by atoms with Crippen molar-refractivity contribution in [3.63, 3.8) is 0 Å². The number of ether oxygens (including phenoxy) is 1. The molecule has 0 radical (unpaired) electrons. The molecule has 1 atom stereocenters. The van der Waals surface area contributed by atoms with E-state index in [4.69, 9.17) is 4.74 Å².